The van der Waals surface area contributed by atoms with Gasteiger partial charge in [0.25, 0.3) is 0 Å². The number of esters is 1. The summed E-state index contributed by atoms with van der Waals surface area (Å²) in [6, 6.07) is -0.186. The first-order valence-corrected chi connectivity index (χ1v) is 5.64. The molecule has 1 aromatic heterocycles. The van der Waals surface area contributed by atoms with E-state index in [1.807, 2.05) is 0 Å². The predicted molar refractivity (Wildman–Crippen MR) is 58.8 cm³/mol. The van der Waals surface area contributed by atoms with E-state index in [1.54, 1.807) is 13.8 Å². The minimum atomic E-state index is -0.511. The van der Waals surface area contributed by atoms with Crippen LogP contribution in [0.3, 0.4) is 0 Å². The minimum Gasteiger partial charge on any atom is -0.461 e. The van der Waals surface area contributed by atoms with E-state index in [1.165, 1.54) is 10.9 Å². The summed E-state index contributed by atoms with van der Waals surface area (Å²) in [5.41, 5.74) is 0.148. The number of cyclic esters (lactones) is 1. The van der Waals surface area contributed by atoms with Crippen LogP contribution in [0.25, 0.3) is 0 Å². The molecule has 2 rings (SSSR count). The fraction of sp³-hybridized carbons (Fsp3) is 0.600. The largest absolute Gasteiger partial charge is 0.461 e. The zero-order valence-corrected chi connectivity index (χ0v) is 10.1. The number of carbonyl (C=O) groups excluding carboxylic acids is 2. The van der Waals surface area contributed by atoms with Crippen LogP contribution >= 0.6 is 0 Å². The van der Waals surface area contributed by atoms with Crippen LogP contribution in [0.2, 0.25) is 0 Å². The number of hydrogen-bond acceptors (Lipinski definition) is 6. The maximum atomic E-state index is 11.4. The van der Waals surface area contributed by atoms with Crippen LogP contribution in [0.4, 0.5) is 4.79 Å². The Balaban J connectivity index is 1.98. The van der Waals surface area contributed by atoms with Gasteiger partial charge in [0, 0.05) is 0 Å². The summed E-state index contributed by atoms with van der Waals surface area (Å²) >= 11 is 0. The molecule has 8 heteroatoms. The summed E-state index contributed by atoms with van der Waals surface area (Å²) in [5.74, 6) is -0.511. The molecule has 18 heavy (non-hydrogen) atoms. The van der Waals surface area contributed by atoms with Crippen molar-refractivity contribution in [2.24, 2.45) is 0 Å². The lowest BCUT2D eigenvalue weighted by Gasteiger charge is -2.11. The van der Waals surface area contributed by atoms with Gasteiger partial charge in [0.15, 0.2) is 5.69 Å². The fourth-order valence-corrected chi connectivity index (χ4v) is 1.64. The molecule has 0 bridgehead atoms. The van der Waals surface area contributed by atoms with Crippen molar-refractivity contribution in [3.63, 3.8) is 0 Å². The number of ether oxygens (including phenoxy) is 2. The molecule has 0 saturated carbocycles. The second kappa shape index (κ2) is 5.03. The Hall–Kier alpha value is -2.12. The third-order valence-corrected chi connectivity index (χ3v) is 2.57. The lowest BCUT2D eigenvalue weighted by atomic mass is 10.2. The average molecular weight is 254 g/mol. The molecule has 0 unspecified atom stereocenters. The normalized spacial score (nSPS) is 22.4. The molecule has 1 saturated heterocycles. The standard InChI is InChI=1S/C10H14N4O4/c1-3-17-9(15)8-5-14(13-12-8)4-7-6(2)18-10(16)11-7/h5-7H,3-4H2,1-2H3,(H,11,16)/t6-,7-/m1/s1. The van der Waals surface area contributed by atoms with Crippen molar-refractivity contribution in [1.82, 2.24) is 20.3 Å². The summed E-state index contributed by atoms with van der Waals surface area (Å²) in [6.07, 6.45) is 0.792. The average Bonchev–Trinajstić information content (AvgIpc) is 2.88. The van der Waals surface area contributed by atoms with Crippen molar-refractivity contribution in [3.8, 4) is 0 Å². The molecule has 1 aliphatic rings. The van der Waals surface area contributed by atoms with Crippen LogP contribution in [0.15, 0.2) is 6.20 Å². The van der Waals surface area contributed by atoms with Crippen LogP contribution in [0, 0.1) is 0 Å². The quantitative estimate of drug-likeness (QED) is 0.757. The summed E-state index contributed by atoms with van der Waals surface area (Å²) < 4.78 is 11.2. The Morgan fingerprint density at radius 3 is 3.06 bits per heavy atom. The van der Waals surface area contributed by atoms with E-state index >= 15 is 0 Å². The number of amides is 1. The van der Waals surface area contributed by atoms with E-state index in [-0.39, 0.29) is 24.4 Å². The van der Waals surface area contributed by atoms with Crippen molar-refractivity contribution < 1.29 is 19.1 Å². The van der Waals surface area contributed by atoms with Crippen LogP contribution in [-0.4, -0.2) is 45.8 Å². The second-order valence-electron chi connectivity index (χ2n) is 3.91. The van der Waals surface area contributed by atoms with Gasteiger partial charge >= 0.3 is 12.1 Å². The predicted octanol–water partition coefficient (Wildman–Crippen LogP) is -0.0483. The molecule has 0 spiro atoms. The maximum absolute atomic E-state index is 11.4. The molecule has 1 aliphatic heterocycles. The number of alkyl carbamates (subject to hydrolysis) is 1. The van der Waals surface area contributed by atoms with Gasteiger partial charge in [-0.15, -0.1) is 5.10 Å². The molecule has 98 valence electrons. The number of carbonyl (C=O) groups is 2. The molecule has 2 heterocycles. The monoisotopic (exact) mass is 254 g/mol. The van der Waals surface area contributed by atoms with E-state index in [0.717, 1.165) is 0 Å². The van der Waals surface area contributed by atoms with E-state index < -0.39 is 12.1 Å². The van der Waals surface area contributed by atoms with Crippen molar-refractivity contribution >= 4 is 12.1 Å². The van der Waals surface area contributed by atoms with Gasteiger partial charge in [0.2, 0.25) is 0 Å². The highest BCUT2D eigenvalue weighted by Gasteiger charge is 2.31. The van der Waals surface area contributed by atoms with Crippen molar-refractivity contribution in [1.29, 1.82) is 0 Å². The summed E-state index contributed by atoms with van der Waals surface area (Å²) in [6.45, 7) is 4.18. The van der Waals surface area contributed by atoms with E-state index in [4.69, 9.17) is 9.47 Å². The number of nitrogens with zero attached hydrogens (tertiary/aromatic N) is 3. The Kier molecular flexibility index (Phi) is 3.45. The molecule has 8 nitrogen and oxygen atoms in total. The van der Waals surface area contributed by atoms with E-state index in [0.29, 0.717) is 6.54 Å². The van der Waals surface area contributed by atoms with Gasteiger partial charge in [-0.1, -0.05) is 5.21 Å². The number of rotatable bonds is 4. The first kappa shape index (κ1) is 12.3. The van der Waals surface area contributed by atoms with Gasteiger partial charge in [-0.3, -0.25) is 0 Å². The lowest BCUT2D eigenvalue weighted by molar-refractivity contribution is 0.0519. The highest BCUT2D eigenvalue weighted by molar-refractivity contribution is 5.86. The zero-order chi connectivity index (χ0) is 13.1. The van der Waals surface area contributed by atoms with Gasteiger partial charge in [0.05, 0.1) is 25.4 Å². The van der Waals surface area contributed by atoms with E-state index in [9.17, 15) is 9.59 Å². The molecule has 0 radical (unpaired) electrons. The fourth-order valence-electron chi connectivity index (χ4n) is 1.64. The van der Waals surface area contributed by atoms with Crippen molar-refractivity contribution in [2.75, 3.05) is 6.61 Å². The van der Waals surface area contributed by atoms with Gasteiger partial charge in [0.1, 0.15) is 6.10 Å². The third kappa shape index (κ3) is 2.58. The van der Waals surface area contributed by atoms with Crippen LogP contribution in [0.1, 0.15) is 24.3 Å². The SMILES string of the molecule is CCOC(=O)c1cn(C[C@H]2NC(=O)O[C@@H]2C)nn1. The molecule has 0 aliphatic carbocycles. The zero-order valence-electron chi connectivity index (χ0n) is 10.1. The molecule has 1 aromatic rings. The highest BCUT2D eigenvalue weighted by atomic mass is 16.6. The summed E-state index contributed by atoms with van der Waals surface area (Å²) in [4.78, 5) is 22.4. The van der Waals surface area contributed by atoms with Crippen LogP contribution < -0.4 is 5.32 Å². The lowest BCUT2D eigenvalue weighted by Crippen LogP contribution is -2.34. The molecule has 1 amide bonds. The van der Waals surface area contributed by atoms with E-state index in [2.05, 4.69) is 15.6 Å². The second-order valence-corrected chi connectivity index (χ2v) is 3.91. The topological polar surface area (TPSA) is 95.3 Å². The Bertz CT molecular complexity index is 458. The molecular weight excluding hydrogens is 240 g/mol. The molecule has 0 aromatic carbocycles. The summed E-state index contributed by atoms with van der Waals surface area (Å²) in [5, 5.41) is 10.2. The van der Waals surface area contributed by atoms with Gasteiger partial charge in [-0.05, 0) is 13.8 Å². The minimum absolute atomic E-state index is 0.148. The Morgan fingerprint density at radius 1 is 1.67 bits per heavy atom. The first-order chi connectivity index (χ1) is 8.60. The number of hydrogen-bond donors (Lipinski definition) is 1. The Morgan fingerprint density at radius 2 is 2.44 bits per heavy atom. The molecule has 2 atom stereocenters. The maximum Gasteiger partial charge on any atom is 0.407 e. The van der Waals surface area contributed by atoms with Gasteiger partial charge in [-0.25, -0.2) is 14.3 Å². The van der Waals surface area contributed by atoms with Crippen LogP contribution in [-0.2, 0) is 16.0 Å². The smallest absolute Gasteiger partial charge is 0.407 e. The number of nitrogens with one attached hydrogen (secondary N) is 1. The van der Waals surface area contributed by atoms with Crippen molar-refractivity contribution in [3.05, 3.63) is 11.9 Å². The summed E-state index contributed by atoms with van der Waals surface area (Å²) in [7, 11) is 0. The first-order valence-electron chi connectivity index (χ1n) is 5.64. The Labute approximate surface area is 103 Å². The van der Waals surface area contributed by atoms with Crippen LogP contribution in [0.5, 0.6) is 0 Å². The highest BCUT2D eigenvalue weighted by Crippen LogP contribution is 2.10. The van der Waals surface area contributed by atoms with Crippen molar-refractivity contribution in [2.45, 2.75) is 32.5 Å². The third-order valence-electron chi connectivity index (χ3n) is 2.57. The molecular formula is C10H14N4O4. The number of aromatic nitrogens is 3. The van der Waals surface area contributed by atoms with Gasteiger partial charge in [-0.2, -0.15) is 0 Å². The van der Waals surface area contributed by atoms with Gasteiger partial charge < -0.3 is 14.8 Å². The molecule has 1 N–H and O–H groups in total. The molecule has 1 fully saturated rings.